The van der Waals surface area contributed by atoms with Crippen LogP contribution in [0.15, 0.2) is 18.2 Å². The maximum Gasteiger partial charge on any atom is 0.140 e. The van der Waals surface area contributed by atoms with Gasteiger partial charge in [-0.3, -0.25) is 4.79 Å². The first kappa shape index (κ1) is 10.7. The third-order valence-electron chi connectivity index (χ3n) is 3.08. The molecular weight excluding hydrogens is 208 g/mol. The maximum atomic E-state index is 11.8. The van der Waals surface area contributed by atoms with Gasteiger partial charge >= 0.3 is 0 Å². The molecule has 0 heterocycles. The molecular formula is C13H15ClO. The van der Waals surface area contributed by atoms with Crippen molar-refractivity contribution in [2.24, 2.45) is 0 Å². The van der Waals surface area contributed by atoms with E-state index in [1.165, 1.54) is 5.56 Å². The number of benzene rings is 1. The number of aryl methyl sites for hydroxylation is 1. The van der Waals surface area contributed by atoms with Crippen molar-refractivity contribution in [2.45, 2.75) is 38.5 Å². The van der Waals surface area contributed by atoms with Crippen LogP contribution in [0, 0.1) is 6.92 Å². The molecule has 1 unspecified atom stereocenters. The Kier molecular flexibility index (Phi) is 3.11. The first-order chi connectivity index (χ1) is 7.18. The highest BCUT2D eigenvalue weighted by Crippen LogP contribution is 2.34. The van der Waals surface area contributed by atoms with Crippen molar-refractivity contribution < 1.29 is 4.79 Å². The minimum atomic E-state index is 0.0474. The van der Waals surface area contributed by atoms with E-state index in [2.05, 4.69) is 6.07 Å². The van der Waals surface area contributed by atoms with Crippen molar-refractivity contribution in [1.29, 1.82) is 0 Å². The Bertz CT molecular complexity index is 384. The highest BCUT2D eigenvalue weighted by molar-refractivity contribution is 6.31. The van der Waals surface area contributed by atoms with Crippen LogP contribution >= 0.6 is 11.6 Å². The molecule has 1 aliphatic rings. The molecule has 0 radical (unpaired) electrons. The number of Topliss-reactive ketones (excluding diaryl/α,β-unsaturated/α-hetero) is 1. The average Bonchev–Trinajstić information content (AvgIpc) is 2.23. The van der Waals surface area contributed by atoms with Gasteiger partial charge in [-0.2, -0.15) is 0 Å². The van der Waals surface area contributed by atoms with E-state index in [4.69, 9.17) is 11.6 Å². The predicted octanol–water partition coefficient (Wildman–Crippen LogP) is 3.88. The predicted molar refractivity (Wildman–Crippen MR) is 62.4 cm³/mol. The topological polar surface area (TPSA) is 17.1 Å². The lowest BCUT2D eigenvalue weighted by Crippen LogP contribution is -2.17. The number of carbonyl (C=O) groups is 1. The summed E-state index contributed by atoms with van der Waals surface area (Å²) in [5.41, 5.74) is 2.20. The normalized spacial score (nSPS) is 21.7. The molecule has 1 saturated carbocycles. The molecule has 0 amide bonds. The Hall–Kier alpha value is -0.820. The summed E-state index contributed by atoms with van der Waals surface area (Å²) < 4.78 is 0. The quantitative estimate of drug-likeness (QED) is 0.705. The van der Waals surface area contributed by atoms with Crippen LogP contribution in [0.5, 0.6) is 0 Å². The van der Waals surface area contributed by atoms with Gasteiger partial charge in [0.15, 0.2) is 0 Å². The Balaban J connectivity index is 2.34. The smallest absolute Gasteiger partial charge is 0.140 e. The fraction of sp³-hybridized carbons (Fsp3) is 0.462. The van der Waals surface area contributed by atoms with E-state index in [9.17, 15) is 4.79 Å². The lowest BCUT2D eigenvalue weighted by molar-refractivity contribution is -0.121. The summed E-state index contributed by atoms with van der Waals surface area (Å²) in [6.07, 6.45) is 3.86. The van der Waals surface area contributed by atoms with E-state index in [1.807, 2.05) is 19.1 Å². The number of carbonyl (C=O) groups excluding carboxylic acids is 1. The molecule has 2 rings (SSSR count). The Morgan fingerprint density at radius 2 is 2.13 bits per heavy atom. The molecule has 0 bridgehead atoms. The monoisotopic (exact) mass is 222 g/mol. The van der Waals surface area contributed by atoms with Crippen molar-refractivity contribution in [3.63, 3.8) is 0 Å². The number of halogens is 1. The highest BCUT2D eigenvalue weighted by Gasteiger charge is 2.25. The summed E-state index contributed by atoms with van der Waals surface area (Å²) >= 11 is 6.14. The van der Waals surface area contributed by atoms with Crippen LogP contribution in [0.1, 0.15) is 42.7 Å². The molecule has 0 spiro atoms. The minimum absolute atomic E-state index is 0.0474. The SMILES string of the molecule is Cc1ccc(Cl)c(C2CCCCC2=O)c1. The van der Waals surface area contributed by atoms with Gasteiger partial charge in [0.1, 0.15) is 5.78 Å². The summed E-state index contributed by atoms with van der Waals surface area (Å²) in [6.45, 7) is 2.03. The standard InChI is InChI=1S/C13H15ClO/c1-9-6-7-12(14)11(8-9)10-4-2-3-5-13(10)15/h6-8,10H,2-5H2,1H3. The van der Waals surface area contributed by atoms with Crippen molar-refractivity contribution >= 4 is 17.4 Å². The molecule has 0 aromatic heterocycles. The van der Waals surface area contributed by atoms with Gasteiger partial charge in [0.25, 0.3) is 0 Å². The zero-order valence-electron chi connectivity index (χ0n) is 8.92. The summed E-state index contributed by atoms with van der Waals surface area (Å²) in [5.74, 6) is 0.403. The second-order valence-corrected chi connectivity index (χ2v) is 4.70. The van der Waals surface area contributed by atoms with Crippen LogP contribution in [0.2, 0.25) is 5.02 Å². The van der Waals surface area contributed by atoms with Gasteiger partial charge in [0.2, 0.25) is 0 Å². The molecule has 1 aliphatic carbocycles. The molecule has 1 fully saturated rings. The van der Waals surface area contributed by atoms with Gasteiger partial charge in [-0.1, -0.05) is 35.7 Å². The largest absolute Gasteiger partial charge is 0.299 e. The van der Waals surface area contributed by atoms with Crippen LogP contribution in [-0.2, 0) is 4.79 Å². The third-order valence-corrected chi connectivity index (χ3v) is 3.43. The number of rotatable bonds is 1. The molecule has 1 aromatic carbocycles. The molecule has 0 saturated heterocycles. The van der Waals surface area contributed by atoms with Crippen LogP contribution in [0.25, 0.3) is 0 Å². The average molecular weight is 223 g/mol. The summed E-state index contributed by atoms with van der Waals surface area (Å²) in [5, 5.41) is 0.737. The van der Waals surface area contributed by atoms with Crippen molar-refractivity contribution in [3.8, 4) is 0 Å². The Labute approximate surface area is 95.4 Å². The molecule has 1 nitrogen and oxygen atoms in total. The lowest BCUT2D eigenvalue weighted by atomic mass is 9.82. The van der Waals surface area contributed by atoms with Crippen LogP contribution in [0.3, 0.4) is 0 Å². The minimum Gasteiger partial charge on any atom is -0.299 e. The van der Waals surface area contributed by atoms with Crippen molar-refractivity contribution in [3.05, 3.63) is 34.3 Å². The summed E-state index contributed by atoms with van der Waals surface area (Å²) in [7, 11) is 0. The Morgan fingerprint density at radius 3 is 2.87 bits per heavy atom. The molecule has 2 heteroatoms. The molecule has 0 aliphatic heterocycles. The molecule has 1 atom stereocenters. The van der Waals surface area contributed by atoms with E-state index in [0.29, 0.717) is 5.78 Å². The van der Waals surface area contributed by atoms with Gasteiger partial charge in [-0.05, 0) is 31.4 Å². The summed E-state index contributed by atoms with van der Waals surface area (Å²) in [4.78, 5) is 11.8. The first-order valence-corrected chi connectivity index (χ1v) is 5.85. The second-order valence-electron chi connectivity index (χ2n) is 4.29. The van der Waals surface area contributed by atoms with Gasteiger partial charge < -0.3 is 0 Å². The zero-order chi connectivity index (χ0) is 10.8. The third kappa shape index (κ3) is 2.23. The maximum absolute atomic E-state index is 11.8. The van der Waals surface area contributed by atoms with Crippen LogP contribution < -0.4 is 0 Å². The summed E-state index contributed by atoms with van der Waals surface area (Å²) in [6, 6.07) is 5.93. The van der Waals surface area contributed by atoms with Gasteiger partial charge in [0, 0.05) is 17.4 Å². The van der Waals surface area contributed by atoms with Gasteiger partial charge in [0.05, 0.1) is 0 Å². The molecule has 80 valence electrons. The highest BCUT2D eigenvalue weighted by atomic mass is 35.5. The Morgan fingerprint density at radius 1 is 1.33 bits per heavy atom. The van der Waals surface area contributed by atoms with E-state index in [0.717, 1.165) is 36.3 Å². The van der Waals surface area contributed by atoms with E-state index in [1.54, 1.807) is 0 Å². The van der Waals surface area contributed by atoms with Crippen LogP contribution in [-0.4, -0.2) is 5.78 Å². The molecule has 1 aromatic rings. The van der Waals surface area contributed by atoms with E-state index < -0.39 is 0 Å². The van der Waals surface area contributed by atoms with E-state index in [-0.39, 0.29) is 5.92 Å². The molecule has 0 N–H and O–H groups in total. The van der Waals surface area contributed by atoms with Gasteiger partial charge in [-0.15, -0.1) is 0 Å². The zero-order valence-corrected chi connectivity index (χ0v) is 9.68. The lowest BCUT2D eigenvalue weighted by Gasteiger charge is -2.22. The van der Waals surface area contributed by atoms with Crippen LogP contribution in [0.4, 0.5) is 0 Å². The number of hydrogen-bond donors (Lipinski definition) is 0. The van der Waals surface area contributed by atoms with Crippen molar-refractivity contribution in [1.82, 2.24) is 0 Å². The number of ketones is 1. The van der Waals surface area contributed by atoms with Crippen molar-refractivity contribution in [2.75, 3.05) is 0 Å². The second kappa shape index (κ2) is 4.36. The first-order valence-electron chi connectivity index (χ1n) is 5.47. The van der Waals surface area contributed by atoms with E-state index >= 15 is 0 Å². The van der Waals surface area contributed by atoms with Gasteiger partial charge in [-0.25, -0.2) is 0 Å². The fourth-order valence-electron chi connectivity index (χ4n) is 2.24. The number of hydrogen-bond acceptors (Lipinski definition) is 1. The fourth-order valence-corrected chi connectivity index (χ4v) is 2.49. The molecule has 15 heavy (non-hydrogen) atoms.